The number of benzene rings is 1. The van der Waals surface area contributed by atoms with Gasteiger partial charge in [0.1, 0.15) is 11.9 Å². The number of rotatable bonds is 5. The summed E-state index contributed by atoms with van der Waals surface area (Å²) in [6.45, 7) is 5.72. The molecule has 0 saturated carbocycles. The molecule has 0 bridgehead atoms. The van der Waals surface area contributed by atoms with Crippen LogP contribution in [0.3, 0.4) is 0 Å². The second-order valence-electron chi connectivity index (χ2n) is 5.57. The van der Waals surface area contributed by atoms with Crippen molar-refractivity contribution in [2.45, 2.75) is 32.8 Å². The molecule has 2 atom stereocenters. The summed E-state index contributed by atoms with van der Waals surface area (Å²) in [4.78, 5) is 24.2. The maximum absolute atomic E-state index is 14.3. The smallest absolute Gasteiger partial charge is 0.414 e. The predicted molar refractivity (Wildman–Crippen MR) is 85.9 cm³/mol. The Kier molecular flexibility index (Phi) is 5.36. The molecule has 1 saturated heterocycles. The van der Waals surface area contributed by atoms with Gasteiger partial charge in [-0.3, -0.25) is 9.69 Å². The van der Waals surface area contributed by atoms with E-state index in [-0.39, 0.29) is 30.7 Å². The van der Waals surface area contributed by atoms with E-state index >= 15 is 0 Å². The van der Waals surface area contributed by atoms with E-state index in [4.69, 9.17) is 4.74 Å². The number of nitrogens with one attached hydrogen (secondary N) is 1. The molecule has 5 nitrogen and oxygen atoms in total. The van der Waals surface area contributed by atoms with E-state index in [1.165, 1.54) is 17.9 Å². The van der Waals surface area contributed by atoms with Crippen LogP contribution in [0, 0.1) is 5.82 Å². The maximum atomic E-state index is 14.3. The molecule has 0 spiro atoms. The Labute approximate surface area is 135 Å². The number of nitrogens with zero attached hydrogens (tertiary/aromatic N) is 1. The Morgan fingerprint density at radius 1 is 1.57 bits per heavy atom. The molecule has 124 valence electrons. The van der Waals surface area contributed by atoms with E-state index in [2.05, 4.69) is 5.32 Å². The lowest BCUT2D eigenvalue weighted by atomic mass is 9.99. The SMILES string of the molecule is C/C=C\C(C)c1ccc(N2C[C@H](CNC(C)=O)OC2=O)cc1F. The van der Waals surface area contributed by atoms with Gasteiger partial charge >= 0.3 is 6.09 Å². The molecular weight excluding hydrogens is 299 g/mol. The highest BCUT2D eigenvalue weighted by molar-refractivity contribution is 5.89. The van der Waals surface area contributed by atoms with Crippen molar-refractivity contribution in [3.63, 3.8) is 0 Å². The number of halogens is 1. The minimum Gasteiger partial charge on any atom is -0.442 e. The fraction of sp³-hybridized carbons (Fsp3) is 0.412. The normalized spacial score (nSPS) is 19.0. The minimum atomic E-state index is -0.533. The predicted octanol–water partition coefficient (Wildman–Crippen LogP) is 2.97. The highest BCUT2D eigenvalue weighted by Crippen LogP contribution is 2.27. The van der Waals surface area contributed by atoms with Gasteiger partial charge in [0.15, 0.2) is 0 Å². The monoisotopic (exact) mass is 320 g/mol. The molecule has 1 N–H and O–H groups in total. The number of anilines is 1. The van der Waals surface area contributed by atoms with Gasteiger partial charge in [0.2, 0.25) is 5.91 Å². The zero-order valence-corrected chi connectivity index (χ0v) is 13.5. The molecule has 0 aliphatic carbocycles. The molecule has 6 heteroatoms. The van der Waals surface area contributed by atoms with Crippen molar-refractivity contribution in [1.29, 1.82) is 0 Å². The number of cyclic esters (lactones) is 1. The first kappa shape index (κ1) is 17.0. The lowest BCUT2D eigenvalue weighted by Crippen LogP contribution is -2.33. The van der Waals surface area contributed by atoms with Crippen molar-refractivity contribution in [3.8, 4) is 0 Å². The number of amides is 2. The summed E-state index contributed by atoms with van der Waals surface area (Å²) in [6, 6.07) is 4.74. The van der Waals surface area contributed by atoms with E-state index in [9.17, 15) is 14.0 Å². The quantitative estimate of drug-likeness (QED) is 0.849. The number of allylic oxidation sites excluding steroid dienone is 2. The number of hydrogen-bond acceptors (Lipinski definition) is 3. The zero-order valence-electron chi connectivity index (χ0n) is 13.5. The Bertz CT molecular complexity index is 630. The fourth-order valence-electron chi connectivity index (χ4n) is 2.54. The van der Waals surface area contributed by atoms with Crippen LogP contribution in [0.4, 0.5) is 14.9 Å². The molecule has 23 heavy (non-hydrogen) atoms. The van der Waals surface area contributed by atoms with Crippen LogP contribution in [0.25, 0.3) is 0 Å². The maximum Gasteiger partial charge on any atom is 0.414 e. The topological polar surface area (TPSA) is 58.6 Å². The van der Waals surface area contributed by atoms with Crippen LogP contribution in [0.15, 0.2) is 30.4 Å². The molecule has 1 aliphatic heterocycles. The Morgan fingerprint density at radius 3 is 2.91 bits per heavy atom. The van der Waals surface area contributed by atoms with E-state index in [0.29, 0.717) is 11.3 Å². The molecule has 2 amide bonds. The second kappa shape index (κ2) is 7.26. The van der Waals surface area contributed by atoms with Crippen molar-refractivity contribution in [2.75, 3.05) is 18.0 Å². The van der Waals surface area contributed by atoms with Gasteiger partial charge in [-0.2, -0.15) is 0 Å². The third-order valence-corrected chi connectivity index (χ3v) is 3.72. The molecule has 1 aliphatic rings. The van der Waals surface area contributed by atoms with Gasteiger partial charge in [-0.25, -0.2) is 9.18 Å². The molecule has 2 rings (SSSR count). The van der Waals surface area contributed by atoms with Gasteiger partial charge in [-0.1, -0.05) is 25.1 Å². The third-order valence-electron chi connectivity index (χ3n) is 3.72. The van der Waals surface area contributed by atoms with Crippen LogP contribution < -0.4 is 10.2 Å². The molecule has 1 fully saturated rings. The first-order valence-corrected chi connectivity index (χ1v) is 7.57. The van der Waals surface area contributed by atoms with Crippen LogP contribution in [0.1, 0.15) is 32.3 Å². The molecule has 1 aromatic carbocycles. The third kappa shape index (κ3) is 4.09. The number of carbonyl (C=O) groups excluding carboxylic acids is 2. The van der Waals surface area contributed by atoms with Gasteiger partial charge in [0.05, 0.1) is 18.8 Å². The van der Waals surface area contributed by atoms with E-state index in [1.54, 1.807) is 12.1 Å². The van der Waals surface area contributed by atoms with Crippen molar-refractivity contribution in [3.05, 3.63) is 41.7 Å². The lowest BCUT2D eigenvalue weighted by Gasteiger charge is -2.15. The van der Waals surface area contributed by atoms with Crippen molar-refractivity contribution in [2.24, 2.45) is 0 Å². The van der Waals surface area contributed by atoms with Gasteiger partial charge in [0, 0.05) is 12.8 Å². The largest absolute Gasteiger partial charge is 0.442 e. The summed E-state index contributed by atoms with van der Waals surface area (Å²) in [5.74, 6) is -0.578. The van der Waals surface area contributed by atoms with E-state index in [0.717, 1.165) is 0 Å². The Hall–Kier alpha value is -2.37. The highest BCUT2D eigenvalue weighted by Gasteiger charge is 2.32. The molecule has 1 aromatic rings. The summed E-state index contributed by atoms with van der Waals surface area (Å²) < 4.78 is 19.5. The summed E-state index contributed by atoms with van der Waals surface area (Å²) in [5, 5.41) is 2.60. The standard InChI is InChI=1S/C17H21FN2O3/c1-4-5-11(2)15-7-6-13(8-16(15)18)20-10-14(23-17(20)22)9-19-12(3)21/h4-8,11,14H,9-10H2,1-3H3,(H,19,21)/b5-4-/t11?,14-/m0/s1. The van der Waals surface area contributed by atoms with Gasteiger partial charge in [-0.15, -0.1) is 0 Å². The van der Waals surface area contributed by atoms with Crippen LogP contribution in [-0.4, -0.2) is 31.2 Å². The van der Waals surface area contributed by atoms with Crippen molar-refractivity contribution >= 4 is 17.7 Å². The summed E-state index contributed by atoms with van der Waals surface area (Å²) in [5.41, 5.74) is 1.03. The molecule has 1 unspecified atom stereocenters. The molecule has 0 aromatic heterocycles. The number of hydrogen-bond donors (Lipinski definition) is 1. The number of carbonyl (C=O) groups is 2. The Morgan fingerprint density at radius 2 is 2.30 bits per heavy atom. The first-order valence-electron chi connectivity index (χ1n) is 7.57. The highest BCUT2D eigenvalue weighted by atomic mass is 19.1. The van der Waals surface area contributed by atoms with Crippen LogP contribution in [0.2, 0.25) is 0 Å². The summed E-state index contributed by atoms with van der Waals surface area (Å²) in [6.07, 6.45) is 2.82. The molecule has 1 heterocycles. The second-order valence-corrected chi connectivity index (χ2v) is 5.57. The molecular formula is C17H21FN2O3. The summed E-state index contributed by atoms with van der Waals surface area (Å²) in [7, 11) is 0. The fourth-order valence-corrected chi connectivity index (χ4v) is 2.54. The van der Waals surface area contributed by atoms with Gasteiger partial charge in [-0.05, 0) is 24.6 Å². The minimum absolute atomic E-state index is 0.0351. The summed E-state index contributed by atoms with van der Waals surface area (Å²) >= 11 is 0. The van der Waals surface area contributed by atoms with E-state index in [1.807, 2.05) is 26.0 Å². The molecule has 0 radical (unpaired) electrons. The average molecular weight is 320 g/mol. The lowest BCUT2D eigenvalue weighted by molar-refractivity contribution is -0.119. The Balaban J connectivity index is 2.11. The van der Waals surface area contributed by atoms with Crippen LogP contribution in [-0.2, 0) is 9.53 Å². The van der Waals surface area contributed by atoms with Crippen LogP contribution >= 0.6 is 0 Å². The zero-order chi connectivity index (χ0) is 17.0. The van der Waals surface area contributed by atoms with Gasteiger partial charge < -0.3 is 10.1 Å². The first-order chi connectivity index (χ1) is 10.9. The van der Waals surface area contributed by atoms with E-state index < -0.39 is 12.2 Å². The van der Waals surface area contributed by atoms with Crippen LogP contribution in [0.5, 0.6) is 0 Å². The van der Waals surface area contributed by atoms with Gasteiger partial charge in [0.25, 0.3) is 0 Å². The van der Waals surface area contributed by atoms with Crippen molar-refractivity contribution in [1.82, 2.24) is 5.32 Å². The average Bonchev–Trinajstić information content (AvgIpc) is 2.86. The number of ether oxygens (including phenoxy) is 1. The van der Waals surface area contributed by atoms with Crippen molar-refractivity contribution < 1.29 is 18.7 Å².